The Hall–Kier alpha value is -0.995. The van der Waals surface area contributed by atoms with Crippen LogP contribution in [0.25, 0.3) is 0 Å². The summed E-state index contributed by atoms with van der Waals surface area (Å²) in [4.78, 5) is 2.36. The van der Waals surface area contributed by atoms with Crippen molar-refractivity contribution in [2.75, 3.05) is 18.0 Å². The molecule has 17 heavy (non-hydrogen) atoms. The van der Waals surface area contributed by atoms with E-state index < -0.39 is 7.12 Å². The Morgan fingerprint density at radius 3 is 2.06 bits per heavy atom. The van der Waals surface area contributed by atoms with Gasteiger partial charge in [-0.15, -0.1) is 0 Å². The van der Waals surface area contributed by atoms with Crippen LogP contribution in [0.1, 0.15) is 26.7 Å². The summed E-state index contributed by atoms with van der Waals surface area (Å²) in [6.45, 7) is 6.78. The Morgan fingerprint density at radius 1 is 1.06 bits per heavy atom. The average Bonchev–Trinajstić information content (AvgIpc) is 2.29. The lowest BCUT2D eigenvalue weighted by Gasteiger charge is -2.38. The highest BCUT2D eigenvalue weighted by Crippen LogP contribution is 2.31. The molecule has 3 nitrogen and oxygen atoms in total. The van der Waals surface area contributed by atoms with E-state index in [9.17, 15) is 0 Å². The van der Waals surface area contributed by atoms with Gasteiger partial charge in [0.15, 0.2) is 0 Å². The van der Waals surface area contributed by atoms with Gasteiger partial charge in [0, 0.05) is 18.8 Å². The van der Waals surface area contributed by atoms with Crippen molar-refractivity contribution in [3.05, 3.63) is 24.3 Å². The van der Waals surface area contributed by atoms with E-state index in [0.717, 1.165) is 13.1 Å². The van der Waals surface area contributed by atoms with Crippen LogP contribution in [-0.4, -0.2) is 30.3 Å². The molecular weight excluding hydrogens is 213 g/mol. The Bertz CT molecular complexity index is 366. The van der Waals surface area contributed by atoms with Crippen molar-refractivity contribution in [2.45, 2.75) is 26.7 Å². The highest BCUT2D eigenvalue weighted by Gasteiger charge is 2.25. The van der Waals surface area contributed by atoms with Crippen molar-refractivity contribution in [2.24, 2.45) is 5.41 Å². The Labute approximate surface area is 103 Å². The fourth-order valence-corrected chi connectivity index (χ4v) is 2.23. The Balaban J connectivity index is 2.04. The van der Waals surface area contributed by atoms with E-state index in [-0.39, 0.29) is 0 Å². The van der Waals surface area contributed by atoms with Gasteiger partial charge in [0.1, 0.15) is 0 Å². The quantitative estimate of drug-likeness (QED) is 0.749. The molecule has 0 unspecified atom stereocenters. The number of anilines is 1. The summed E-state index contributed by atoms with van der Waals surface area (Å²) in [5.41, 5.74) is 2.17. The lowest BCUT2D eigenvalue weighted by Crippen LogP contribution is -2.37. The molecule has 0 aromatic heterocycles. The van der Waals surface area contributed by atoms with E-state index in [1.807, 2.05) is 12.1 Å². The van der Waals surface area contributed by atoms with Crippen LogP contribution >= 0.6 is 0 Å². The fraction of sp³-hybridized carbons (Fsp3) is 0.538. The zero-order chi connectivity index (χ0) is 12.5. The summed E-state index contributed by atoms with van der Waals surface area (Å²) in [6, 6.07) is 7.49. The summed E-state index contributed by atoms with van der Waals surface area (Å²) < 4.78 is 0. The first-order chi connectivity index (χ1) is 7.98. The highest BCUT2D eigenvalue weighted by molar-refractivity contribution is 6.58. The topological polar surface area (TPSA) is 43.7 Å². The zero-order valence-corrected chi connectivity index (χ0v) is 10.6. The van der Waals surface area contributed by atoms with Gasteiger partial charge in [-0.05, 0) is 35.9 Å². The molecule has 1 heterocycles. The van der Waals surface area contributed by atoms with E-state index in [2.05, 4.69) is 18.7 Å². The molecule has 1 aromatic rings. The largest absolute Gasteiger partial charge is 0.488 e. The molecule has 1 saturated heterocycles. The Kier molecular flexibility index (Phi) is 3.45. The molecule has 1 aromatic carbocycles. The second kappa shape index (κ2) is 4.71. The normalized spacial score (nSPS) is 19.2. The number of benzene rings is 1. The predicted molar refractivity (Wildman–Crippen MR) is 71.5 cm³/mol. The smallest absolute Gasteiger partial charge is 0.423 e. The number of hydrogen-bond donors (Lipinski definition) is 2. The minimum atomic E-state index is -1.37. The van der Waals surface area contributed by atoms with E-state index in [4.69, 9.17) is 10.0 Å². The van der Waals surface area contributed by atoms with Gasteiger partial charge in [-0.1, -0.05) is 26.0 Å². The second-order valence-electron chi connectivity index (χ2n) is 5.62. The second-order valence-corrected chi connectivity index (χ2v) is 5.62. The zero-order valence-electron chi connectivity index (χ0n) is 10.6. The summed E-state index contributed by atoms with van der Waals surface area (Å²) >= 11 is 0. The minimum Gasteiger partial charge on any atom is -0.423 e. The molecule has 1 aliphatic heterocycles. The molecule has 4 heteroatoms. The maximum atomic E-state index is 9.04. The Morgan fingerprint density at radius 2 is 1.59 bits per heavy atom. The van der Waals surface area contributed by atoms with Crippen LogP contribution in [0.15, 0.2) is 24.3 Å². The van der Waals surface area contributed by atoms with E-state index in [1.165, 1.54) is 18.5 Å². The molecule has 0 spiro atoms. The van der Waals surface area contributed by atoms with Crippen molar-refractivity contribution in [3.63, 3.8) is 0 Å². The molecule has 0 bridgehead atoms. The molecule has 92 valence electrons. The molecule has 0 atom stereocenters. The average molecular weight is 233 g/mol. The molecular formula is C13H20BNO2. The van der Waals surface area contributed by atoms with E-state index in [1.54, 1.807) is 12.1 Å². The fourth-order valence-electron chi connectivity index (χ4n) is 2.23. The summed E-state index contributed by atoms with van der Waals surface area (Å²) in [7, 11) is -1.37. The molecule has 0 aliphatic carbocycles. The maximum Gasteiger partial charge on any atom is 0.488 e. The number of nitrogens with zero attached hydrogens (tertiary/aromatic N) is 1. The third-order valence-corrected chi connectivity index (χ3v) is 3.67. The first-order valence-electron chi connectivity index (χ1n) is 6.19. The van der Waals surface area contributed by atoms with Gasteiger partial charge in [0.25, 0.3) is 0 Å². The molecule has 2 N–H and O–H groups in total. The van der Waals surface area contributed by atoms with Gasteiger partial charge in [-0.25, -0.2) is 0 Å². The summed E-state index contributed by atoms with van der Waals surface area (Å²) in [5.74, 6) is 0. The van der Waals surface area contributed by atoms with Gasteiger partial charge in [-0.3, -0.25) is 0 Å². The molecule has 0 saturated carbocycles. The van der Waals surface area contributed by atoms with Gasteiger partial charge in [-0.2, -0.15) is 0 Å². The minimum absolute atomic E-state index is 0.456. The number of hydrogen-bond acceptors (Lipinski definition) is 3. The molecule has 0 radical (unpaired) electrons. The van der Waals surface area contributed by atoms with Gasteiger partial charge >= 0.3 is 7.12 Å². The molecule has 0 amide bonds. The van der Waals surface area contributed by atoms with E-state index >= 15 is 0 Å². The van der Waals surface area contributed by atoms with Crippen LogP contribution in [-0.2, 0) is 0 Å². The maximum absolute atomic E-state index is 9.04. The van der Waals surface area contributed by atoms with Crippen LogP contribution in [0.5, 0.6) is 0 Å². The van der Waals surface area contributed by atoms with E-state index in [0.29, 0.717) is 10.9 Å². The monoisotopic (exact) mass is 233 g/mol. The third kappa shape index (κ3) is 3.02. The van der Waals surface area contributed by atoms with Crippen LogP contribution in [0, 0.1) is 5.41 Å². The summed E-state index contributed by atoms with van der Waals surface area (Å²) in [6.07, 6.45) is 2.41. The van der Waals surface area contributed by atoms with Crippen LogP contribution in [0.2, 0.25) is 0 Å². The van der Waals surface area contributed by atoms with Crippen molar-refractivity contribution in [1.82, 2.24) is 0 Å². The third-order valence-electron chi connectivity index (χ3n) is 3.67. The molecule has 1 fully saturated rings. The van der Waals surface area contributed by atoms with Crippen molar-refractivity contribution in [3.8, 4) is 0 Å². The SMILES string of the molecule is CC1(C)CCN(c2ccc(B(O)O)cc2)CC1. The summed E-state index contributed by atoms with van der Waals surface area (Å²) in [5, 5.41) is 18.1. The van der Waals surface area contributed by atoms with Crippen LogP contribution in [0.3, 0.4) is 0 Å². The van der Waals surface area contributed by atoms with Crippen molar-refractivity contribution >= 4 is 18.3 Å². The molecule has 2 rings (SSSR count). The molecule has 1 aliphatic rings. The lowest BCUT2D eigenvalue weighted by atomic mass is 9.80. The lowest BCUT2D eigenvalue weighted by molar-refractivity contribution is 0.280. The van der Waals surface area contributed by atoms with Crippen molar-refractivity contribution < 1.29 is 10.0 Å². The van der Waals surface area contributed by atoms with Crippen molar-refractivity contribution in [1.29, 1.82) is 0 Å². The number of piperidine rings is 1. The number of rotatable bonds is 2. The van der Waals surface area contributed by atoms with Crippen LogP contribution < -0.4 is 10.4 Å². The standard InChI is InChI=1S/C13H20BNO2/c1-13(2)7-9-15(10-8-13)12-5-3-11(4-6-12)14(16)17/h3-6,16-17H,7-10H2,1-2H3. The first kappa shape index (κ1) is 12.5. The predicted octanol–water partition coefficient (Wildman–Crippen LogP) is 0.993. The van der Waals surface area contributed by atoms with Crippen LogP contribution in [0.4, 0.5) is 5.69 Å². The first-order valence-corrected chi connectivity index (χ1v) is 6.19. The van der Waals surface area contributed by atoms with Gasteiger partial charge in [0.05, 0.1) is 0 Å². The highest BCUT2D eigenvalue weighted by atomic mass is 16.4. The van der Waals surface area contributed by atoms with Gasteiger partial charge in [0.2, 0.25) is 0 Å². The van der Waals surface area contributed by atoms with Gasteiger partial charge < -0.3 is 14.9 Å².